The van der Waals surface area contributed by atoms with Gasteiger partial charge in [-0.05, 0) is 58.7 Å². The van der Waals surface area contributed by atoms with Gasteiger partial charge in [-0.2, -0.15) is 0 Å². The maximum Gasteiger partial charge on any atom is 0.155 e. The molecule has 1 unspecified atom stereocenters. The van der Waals surface area contributed by atoms with E-state index in [0.29, 0.717) is 11.7 Å². The maximum absolute atomic E-state index is 12.4. The van der Waals surface area contributed by atoms with E-state index in [0.717, 1.165) is 38.9 Å². The zero-order valence-corrected chi connectivity index (χ0v) is 9.64. The predicted octanol–water partition coefficient (Wildman–Crippen LogP) is 1.09. The molecule has 2 aliphatic heterocycles. The first kappa shape index (κ1) is 11.1. The van der Waals surface area contributed by atoms with Gasteiger partial charge in [0.1, 0.15) is 0 Å². The Balaban J connectivity index is 1.98. The molecule has 3 heteroatoms. The van der Waals surface area contributed by atoms with Gasteiger partial charge in [0.05, 0.1) is 5.54 Å². The number of carbonyl (C=O) groups excluding carboxylic acids is 1. The van der Waals surface area contributed by atoms with Crippen LogP contribution >= 0.6 is 0 Å². The molecule has 0 aromatic heterocycles. The third kappa shape index (κ3) is 2.40. The van der Waals surface area contributed by atoms with Crippen molar-refractivity contribution in [2.24, 2.45) is 5.92 Å². The lowest BCUT2D eigenvalue weighted by Gasteiger charge is -2.37. The standard InChI is InChI=1S/C12H22N2O/c1-12(6-2-3-7-14-12)11(15)10-4-8-13-9-5-10/h10,13-14H,2-9H2,1H3. The number of hydrogen-bond acceptors (Lipinski definition) is 3. The van der Waals surface area contributed by atoms with E-state index in [1.807, 2.05) is 0 Å². The molecule has 2 aliphatic rings. The van der Waals surface area contributed by atoms with Crippen LogP contribution in [0.1, 0.15) is 39.0 Å². The van der Waals surface area contributed by atoms with E-state index in [1.54, 1.807) is 0 Å². The van der Waals surface area contributed by atoms with Gasteiger partial charge in [0.25, 0.3) is 0 Å². The summed E-state index contributed by atoms with van der Waals surface area (Å²) in [5.41, 5.74) is -0.222. The zero-order chi connectivity index (χ0) is 10.7. The summed E-state index contributed by atoms with van der Waals surface area (Å²) in [6.07, 6.45) is 5.48. The third-order valence-corrected chi connectivity index (χ3v) is 3.87. The molecule has 15 heavy (non-hydrogen) atoms. The lowest BCUT2D eigenvalue weighted by atomic mass is 9.78. The maximum atomic E-state index is 12.4. The average molecular weight is 210 g/mol. The number of hydrogen-bond donors (Lipinski definition) is 2. The molecule has 3 nitrogen and oxygen atoms in total. The Hall–Kier alpha value is -0.410. The molecule has 0 saturated carbocycles. The van der Waals surface area contributed by atoms with Crippen molar-refractivity contribution in [3.63, 3.8) is 0 Å². The minimum Gasteiger partial charge on any atom is -0.317 e. The molecule has 2 fully saturated rings. The summed E-state index contributed by atoms with van der Waals surface area (Å²) >= 11 is 0. The largest absolute Gasteiger partial charge is 0.317 e. The number of nitrogens with one attached hydrogen (secondary N) is 2. The first-order valence-electron chi connectivity index (χ1n) is 6.22. The second-order valence-electron chi connectivity index (χ2n) is 5.10. The van der Waals surface area contributed by atoms with Crippen LogP contribution < -0.4 is 10.6 Å². The van der Waals surface area contributed by atoms with Crippen molar-refractivity contribution in [2.75, 3.05) is 19.6 Å². The summed E-state index contributed by atoms with van der Waals surface area (Å²) in [6.45, 7) is 5.11. The van der Waals surface area contributed by atoms with Crippen LogP contribution in [0.4, 0.5) is 0 Å². The van der Waals surface area contributed by atoms with Gasteiger partial charge in [-0.25, -0.2) is 0 Å². The molecule has 0 amide bonds. The number of ketones is 1. The fourth-order valence-corrected chi connectivity index (χ4v) is 2.80. The van der Waals surface area contributed by atoms with Crippen molar-refractivity contribution < 1.29 is 4.79 Å². The Bertz CT molecular complexity index is 228. The number of piperidine rings is 2. The molecule has 86 valence electrons. The first-order chi connectivity index (χ1) is 7.22. The predicted molar refractivity (Wildman–Crippen MR) is 60.9 cm³/mol. The van der Waals surface area contributed by atoms with Crippen molar-refractivity contribution in [1.82, 2.24) is 10.6 Å². The molecule has 0 aromatic rings. The molecule has 2 heterocycles. The topological polar surface area (TPSA) is 41.1 Å². The first-order valence-corrected chi connectivity index (χ1v) is 6.22. The highest BCUT2D eigenvalue weighted by Crippen LogP contribution is 2.26. The van der Waals surface area contributed by atoms with Gasteiger partial charge >= 0.3 is 0 Å². The highest BCUT2D eigenvalue weighted by atomic mass is 16.1. The minimum absolute atomic E-state index is 0.222. The SMILES string of the molecule is CC1(C(=O)C2CCNCC2)CCCCN1. The molecule has 2 N–H and O–H groups in total. The van der Waals surface area contributed by atoms with Crippen LogP contribution in [0.5, 0.6) is 0 Å². The summed E-state index contributed by atoms with van der Waals surface area (Å²) in [5, 5.41) is 6.73. The fourth-order valence-electron chi connectivity index (χ4n) is 2.80. The van der Waals surface area contributed by atoms with Crippen molar-refractivity contribution in [2.45, 2.75) is 44.6 Å². The normalized spacial score (nSPS) is 33.9. The lowest BCUT2D eigenvalue weighted by molar-refractivity contribution is -0.130. The van der Waals surface area contributed by atoms with Crippen molar-refractivity contribution >= 4 is 5.78 Å². The summed E-state index contributed by atoms with van der Waals surface area (Å²) in [5.74, 6) is 0.755. The second-order valence-corrected chi connectivity index (χ2v) is 5.10. The van der Waals surface area contributed by atoms with Gasteiger partial charge in [0.2, 0.25) is 0 Å². The molecule has 2 saturated heterocycles. The molecule has 0 bridgehead atoms. The van der Waals surface area contributed by atoms with Crippen LogP contribution in [0.3, 0.4) is 0 Å². The Labute approximate surface area is 92.0 Å². The van der Waals surface area contributed by atoms with Crippen LogP contribution in [-0.2, 0) is 4.79 Å². The Kier molecular flexibility index (Phi) is 3.42. The average Bonchev–Trinajstić information content (AvgIpc) is 2.30. The van der Waals surface area contributed by atoms with E-state index in [-0.39, 0.29) is 5.54 Å². The lowest BCUT2D eigenvalue weighted by Crippen LogP contribution is -2.55. The van der Waals surface area contributed by atoms with E-state index >= 15 is 0 Å². The van der Waals surface area contributed by atoms with Gasteiger partial charge in [-0.3, -0.25) is 4.79 Å². The molecule has 1 atom stereocenters. The quantitative estimate of drug-likeness (QED) is 0.717. The van der Waals surface area contributed by atoms with Crippen molar-refractivity contribution in [3.8, 4) is 0 Å². The number of Topliss-reactive ketones (excluding diaryl/α,β-unsaturated/α-hetero) is 1. The van der Waals surface area contributed by atoms with Crippen LogP contribution in [-0.4, -0.2) is 31.0 Å². The van der Waals surface area contributed by atoms with E-state index in [2.05, 4.69) is 17.6 Å². The Morgan fingerprint density at radius 3 is 2.53 bits per heavy atom. The van der Waals surface area contributed by atoms with E-state index in [9.17, 15) is 4.79 Å². The highest BCUT2D eigenvalue weighted by Gasteiger charge is 2.38. The molecular weight excluding hydrogens is 188 g/mol. The molecule has 0 aromatic carbocycles. The van der Waals surface area contributed by atoms with Crippen LogP contribution in [0.2, 0.25) is 0 Å². The number of carbonyl (C=O) groups is 1. The molecule has 2 rings (SSSR count). The third-order valence-electron chi connectivity index (χ3n) is 3.87. The fraction of sp³-hybridized carbons (Fsp3) is 0.917. The van der Waals surface area contributed by atoms with Gasteiger partial charge in [0, 0.05) is 5.92 Å². The summed E-state index contributed by atoms with van der Waals surface area (Å²) in [4.78, 5) is 12.4. The van der Waals surface area contributed by atoms with Crippen LogP contribution in [0.15, 0.2) is 0 Å². The Morgan fingerprint density at radius 2 is 1.93 bits per heavy atom. The van der Waals surface area contributed by atoms with Gasteiger partial charge in [0.15, 0.2) is 5.78 Å². The second kappa shape index (κ2) is 4.62. The van der Waals surface area contributed by atoms with Gasteiger partial charge in [-0.1, -0.05) is 0 Å². The van der Waals surface area contributed by atoms with Crippen molar-refractivity contribution in [1.29, 1.82) is 0 Å². The Morgan fingerprint density at radius 1 is 1.20 bits per heavy atom. The zero-order valence-electron chi connectivity index (χ0n) is 9.64. The molecular formula is C12H22N2O. The van der Waals surface area contributed by atoms with Crippen LogP contribution in [0, 0.1) is 5.92 Å². The monoisotopic (exact) mass is 210 g/mol. The summed E-state index contributed by atoms with van der Waals surface area (Å²) in [7, 11) is 0. The summed E-state index contributed by atoms with van der Waals surface area (Å²) < 4.78 is 0. The molecule has 0 aliphatic carbocycles. The smallest absolute Gasteiger partial charge is 0.155 e. The van der Waals surface area contributed by atoms with Crippen molar-refractivity contribution in [3.05, 3.63) is 0 Å². The van der Waals surface area contributed by atoms with Gasteiger partial charge < -0.3 is 10.6 Å². The molecule has 0 spiro atoms. The highest BCUT2D eigenvalue weighted by molar-refractivity contribution is 5.90. The molecule has 0 radical (unpaired) electrons. The number of rotatable bonds is 2. The van der Waals surface area contributed by atoms with E-state index in [1.165, 1.54) is 12.8 Å². The van der Waals surface area contributed by atoms with Gasteiger partial charge in [-0.15, -0.1) is 0 Å². The minimum atomic E-state index is -0.222. The summed E-state index contributed by atoms with van der Waals surface area (Å²) in [6, 6.07) is 0. The van der Waals surface area contributed by atoms with Crippen LogP contribution in [0.25, 0.3) is 0 Å². The van der Waals surface area contributed by atoms with E-state index < -0.39 is 0 Å². The van der Waals surface area contributed by atoms with E-state index in [4.69, 9.17) is 0 Å².